The van der Waals surface area contributed by atoms with Gasteiger partial charge in [-0.05, 0) is 44.6 Å². The number of aryl methyl sites for hydroxylation is 2. The van der Waals surface area contributed by atoms with E-state index in [4.69, 9.17) is 4.74 Å². The molecule has 1 aliphatic rings. The second kappa shape index (κ2) is 7.44. The van der Waals surface area contributed by atoms with Gasteiger partial charge in [-0.1, -0.05) is 29.8 Å². The zero-order valence-corrected chi connectivity index (χ0v) is 11.9. The molecular weight excluding hydrogens is 236 g/mol. The van der Waals surface area contributed by atoms with Gasteiger partial charge in [0, 0.05) is 19.4 Å². The standard InChI is InChI=1S/C17H24O2/c1-14-5-2-6-15(13-14)10-11-16(18)7-3-8-17-9-4-12-19-17/h2,5-6,13,17H,3-4,7-12H2,1H3. The summed E-state index contributed by atoms with van der Waals surface area (Å²) in [6.45, 7) is 3.00. The van der Waals surface area contributed by atoms with Gasteiger partial charge in [0.25, 0.3) is 0 Å². The SMILES string of the molecule is Cc1cccc(CCC(=O)CCCC2CCCO2)c1. The average molecular weight is 260 g/mol. The summed E-state index contributed by atoms with van der Waals surface area (Å²) in [5.41, 5.74) is 2.54. The fourth-order valence-electron chi connectivity index (χ4n) is 2.68. The van der Waals surface area contributed by atoms with Crippen molar-refractivity contribution in [2.45, 2.75) is 58.0 Å². The van der Waals surface area contributed by atoms with Crippen molar-refractivity contribution in [3.05, 3.63) is 35.4 Å². The molecule has 0 aromatic heterocycles. The normalized spacial score (nSPS) is 18.7. The molecule has 0 spiro atoms. The van der Waals surface area contributed by atoms with Crippen molar-refractivity contribution in [2.75, 3.05) is 6.61 Å². The minimum absolute atomic E-state index is 0.388. The zero-order chi connectivity index (χ0) is 13.5. The van der Waals surface area contributed by atoms with Gasteiger partial charge in [0.15, 0.2) is 0 Å². The molecule has 1 atom stereocenters. The van der Waals surface area contributed by atoms with Crippen molar-refractivity contribution >= 4 is 5.78 Å². The molecular formula is C17H24O2. The smallest absolute Gasteiger partial charge is 0.133 e. The van der Waals surface area contributed by atoms with Crippen LogP contribution < -0.4 is 0 Å². The Morgan fingerprint density at radius 3 is 3.00 bits per heavy atom. The summed E-state index contributed by atoms with van der Waals surface area (Å²) in [6, 6.07) is 8.42. The van der Waals surface area contributed by atoms with Gasteiger partial charge in [-0.25, -0.2) is 0 Å². The molecule has 1 saturated heterocycles. The molecule has 1 aliphatic heterocycles. The van der Waals surface area contributed by atoms with E-state index in [1.807, 2.05) is 0 Å². The Labute approximate surface area is 116 Å². The maximum absolute atomic E-state index is 11.8. The highest BCUT2D eigenvalue weighted by Crippen LogP contribution is 2.18. The predicted molar refractivity (Wildman–Crippen MR) is 77.3 cm³/mol. The van der Waals surface area contributed by atoms with Gasteiger partial charge in [0.1, 0.15) is 5.78 Å². The van der Waals surface area contributed by atoms with Crippen LogP contribution in [0.4, 0.5) is 0 Å². The Balaban J connectivity index is 1.61. The monoisotopic (exact) mass is 260 g/mol. The van der Waals surface area contributed by atoms with Crippen LogP contribution in [0.15, 0.2) is 24.3 Å². The third kappa shape index (κ3) is 5.15. The third-order valence-corrected chi connectivity index (χ3v) is 3.78. The molecule has 0 aliphatic carbocycles. The Morgan fingerprint density at radius 1 is 1.37 bits per heavy atom. The van der Waals surface area contributed by atoms with Gasteiger partial charge in [0.05, 0.1) is 6.10 Å². The molecule has 0 saturated carbocycles. The van der Waals surface area contributed by atoms with Crippen LogP contribution >= 0.6 is 0 Å². The highest BCUT2D eigenvalue weighted by atomic mass is 16.5. The largest absolute Gasteiger partial charge is 0.378 e. The van der Waals surface area contributed by atoms with Crippen molar-refractivity contribution in [3.63, 3.8) is 0 Å². The van der Waals surface area contributed by atoms with E-state index in [1.165, 1.54) is 24.0 Å². The lowest BCUT2D eigenvalue weighted by Crippen LogP contribution is -2.07. The van der Waals surface area contributed by atoms with Crippen LogP contribution in [-0.4, -0.2) is 18.5 Å². The maximum atomic E-state index is 11.8. The zero-order valence-electron chi connectivity index (χ0n) is 11.9. The number of carbonyl (C=O) groups excluding carboxylic acids is 1. The van der Waals surface area contributed by atoms with Gasteiger partial charge < -0.3 is 4.74 Å². The van der Waals surface area contributed by atoms with Gasteiger partial charge in [-0.2, -0.15) is 0 Å². The summed E-state index contributed by atoms with van der Waals surface area (Å²) in [4.78, 5) is 11.8. The molecule has 0 amide bonds. The number of rotatable bonds is 7. The summed E-state index contributed by atoms with van der Waals surface area (Å²) >= 11 is 0. The predicted octanol–water partition coefficient (Wildman–Crippen LogP) is 3.85. The lowest BCUT2D eigenvalue weighted by Gasteiger charge is -2.08. The van der Waals surface area contributed by atoms with Gasteiger partial charge >= 0.3 is 0 Å². The molecule has 1 aromatic carbocycles. The number of ether oxygens (including phenoxy) is 1. The first kappa shape index (κ1) is 14.3. The third-order valence-electron chi connectivity index (χ3n) is 3.78. The Hall–Kier alpha value is -1.15. The van der Waals surface area contributed by atoms with Crippen LogP contribution in [0.2, 0.25) is 0 Å². The molecule has 2 nitrogen and oxygen atoms in total. The van der Waals surface area contributed by atoms with E-state index in [0.717, 1.165) is 25.9 Å². The molecule has 0 bridgehead atoms. The Bertz CT molecular complexity index is 405. The number of carbonyl (C=O) groups is 1. The Kier molecular flexibility index (Phi) is 5.59. The summed E-state index contributed by atoms with van der Waals surface area (Å²) in [5, 5.41) is 0. The van der Waals surface area contributed by atoms with Gasteiger partial charge in [-0.3, -0.25) is 4.79 Å². The maximum Gasteiger partial charge on any atom is 0.133 e. The average Bonchev–Trinajstić information content (AvgIpc) is 2.90. The molecule has 2 rings (SSSR count). The van der Waals surface area contributed by atoms with E-state index in [2.05, 4.69) is 31.2 Å². The molecule has 19 heavy (non-hydrogen) atoms. The van der Waals surface area contributed by atoms with Crippen molar-refractivity contribution < 1.29 is 9.53 Å². The quantitative estimate of drug-likeness (QED) is 0.744. The van der Waals surface area contributed by atoms with E-state index in [9.17, 15) is 4.79 Å². The summed E-state index contributed by atoms with van der Waals surface area (Å²) in [5.74, 6) is 0.388. The van der Waals surface area contributed by atoms with Crippen LogP contribution in [0.25, 0.3) is 0 Å². The summed E-state index contributed by atoms with van der Waals surface area (Å²) < 4.78 is 5.57. The van der Waals surface area contributed by atoms with Crippen molar-refractivity contribution in [1.82, 2.24) is 0 Å². The van der Waals surface area contributed by atoms with E-state index in [-0.39, 0.29) is 0 Å². The molecule has 0 radical (unpaired) electrons. The van der Waals surface area contributed by atoms with Crippen LogP contribution in [-0.2, 0) is 16.0 Å². The van der Waals surface area contributed by atoms with E-state index in [1.54, 1.807) is 0 Å². The summed E-state index contributed by atoms with van der Waals surface area (Å²) in [6.07, 6.45) is 7.09. The summed E-state index contributed by atoms with van der Waals surface area (Å²) in [7, 11) is 0. The molecule has 104 valence electrons. The minimum Gasteiger partial charge on any atom is -0.378 e. The lowest BCUT2D eigenvalue weighted by molar-refractivity contribution is -0.119. The van der Waals surface area contributed by atoms with Crippen LogP contribution in [0.5, 0.6) is 0 Å². The van der Waals surface area contributed by atoms with E-state index in [0.29, 0.717) is 24.7 Å². The molecule has 1 aromatic rings. The van der Waals surface area contributed by atoms with Crippen LogP contribution in [0, 0.1) is 6.92 Å². The fourth-order valence-corrected chi connectivity index (χ4v) is 2.68. The molecule has 1 heterocycles. The second-order valence-electron chi connectivity index (χ2n) is 5.55. The number of benzene rings is 1. The molecule has 1 fully saturated rings. The highest BCUT2D eigenvalue weighted by Gasteiger charge is 2.15. The number of hydrogen-bond donors (Lipinski definition) is 0. The molecule has 1 unspecified atom stereocenters. The molecule has 0 N–H and O–H groups in total. The van der Waals surface area contributed by atoms with E-state index < -0.39 is 0 Å². The van der Waals surface area contributed by atoms with Gasteiger partial charge in [0.2, 0.25) is 0 Å². The number of ketones is 1. The first-order chi connectivity index (χ1) is 9.24. The fraction of sp³-hybridized carbons (Fsp3) is 0.588. The van der Waals surface area contributed by atoms with Crippen molar-refractivity contribution in [2.24, 2.45) is 0 Å². The number of hydrogen-bond acceptors (Lipinski definition) is 2. The van der Waals surface area contributed by atoms with E-state index >= 15 is 0 Å². The lowest BCUT2D eigenvalue weighted by atomic mass is 10.0. The topological polar surface area (TPSA) is 26.3 Å². The number of Topliss-reactive ketones (excluding diaryl/α,β-unsaturated/α-hetero) is 1. The van der Waals surface area contributed by atoms with Crippen molar-refractivity contribution in [3.8, 4) is 0 Å². The first-order valence-electron chi connectivity index (χ1n) is 7.43. The minimum atomic E-state index is 0.388. The van der Waals surface area contributed by atoms with Crippen LogP contribution in [0.1, 0.15) is 49.7 Å². The highest BCUT2D eigenvalue weighted by molar-refractivity contribution is 5.78. The second-order valence-corrected chi connectivity index (χ2v) is 5.55. The molecule has 2 heteroatoms. The Morgan fingerprint density at radius 2 is 2.26 bits per heavy atom. The first-order valence-corrected chi connectivity index (χ1v) is 7.43. The van der Waals surface area contributed by atoms with Gasteiger partial charge in [-0.15, -0.1) is 0 Å². The van der Waals surface area contributed by atoms with Crippen molar-refractivity contribution in [1.29, 1.82) is 0 Å². The van der Waals surface area contributed by atoms with Crippen LogP contribution in [0.3, 0.4) is 0 Å².